The number of ether oxygens (including phenoxy) is 1. The van der Waals surface area contributed by atoms with Crippen molar-refractivity contribution >= 4 is 16.5 Å². The number of fused-ring (bicyclic) bond motifs is 1. The molecule has 0 saturated carbocycles. The summed E-state index contributed by atoms with van der Waals surface area (Å²) in [5.41, 5.74) is 6.32. The van der Waals surface area contributed by atoms with Gasteiger partial charge in [-0.25, -0.2) is 8.78 Å². The molecule has 0 aliphatic rings. The summed E-state index contributed by atoms with van der Waals surface area (Å²) in [5.74, 6) is 0.373. The molecule has 0 spiro atoms. The zero-order valence-corrected chi connectivity index (χ0v) is 8.36. The van der Waals surface area contributed by atoms with Crippen LogP contribution in [0.1, 0.15) is 0 Å². The molecule has 0 aliphatic carbocycles. The minimum Gasteiger partial charge on any atom is -0.487 e. The Labute approximate surface area is 90.8 Å². The molecule has 0 radical (unpaired) electrons. The number of nitrogen functional groups attached to an aromatic ring is 1. The molecular weight excluding hydrogens is 214 g/mol. The van der Waals surface area contributed by atoms with E-state index >= 15 is 0 Å². The Hall–Kier alpha value is -1.91. The van der Waals surface area contributed by atoms with Gasteiger partial charge in [0.1, 0.15) is 12.4 Å². The van der Waals surface area contributed by atoms with E-state index in [0.717, 1.165) is 5.39 Å². The summed E-state index contributed by atoms with van der Waals surface area (Å²) < 4.78 is 29.1. The van der Waals surface area contributed by atoms with Gasteiger partial charge in [-0.1, -0.05) is 0 Å². The Balaban J connectivity index is 2.42. The molecule has 1 aromatic heterocycles. The number of rotatable bonds is 3. The standard InChI is InChI=1S/C11H10F2N2O/c12-11(13)6-16-10-2-1-9(14)7-3-4-15-5-8(7)10/h1-5,11H,6,14H2. The molecule has 2 aromatic rings. The fraction of sp³-hybridized carbons (Fsp3) is 0.182. The Morgan fingerprint density at radius 1 is 1.25 bits per heavy atom. The summed E-state index contributed by atoms with van der Waals surface area (Å²) in [6.45, 7) is -0.631. The van der Waals surface area contributed by atoms with Crippen LogP contribution < -0.4 is 10.5 Å². The number of pyridine rings is 1. The summed E-state index contributed by atoms with van der Waals surface area (Å²) in [6, 6.07) is 4.92. The highest BCUT2D eigenvalue weighted by Gasteiger charge is 2.08. The Morgan fingerprint density at radius 3 is 2.81 bits per heavy atom. The lowest BCUT2D eigenvalue weighted by atomic mass is 10.1. The van der Waals surface area contributed by atoms with Gasteiger partial charge in [0.2, 0.25) is 0 Å². The van der Waals surface area contributed by atoms with Crippen molar-refractivity contribution in [3.8, 4) is 5.75 Å². The third-order valence-electron chi connectivity index (χ3n) is 2.18. The average molecular weight is 224 g/mol. The lowest BCUT2D eigenvalue weighted by Gasteiger charge is -2.09. The number of anilines is 1. The number of hydrogen-bond donors (Lipinski definition) is 1. The van der Waals surface area contributed by atoms with E-state index in [2.05, 4.69) is 4.98 Å². The fourth-order valence-corrected chi connectivity index (χ4v) is 1.47. The van der Waals surface area contributed by atoms with Crippen LogP contribution in [0.25, 0.3) is 10.8 Å². The van der Waals surface area contributed by atoms with Gasteiger partial charge in [0.15, 0.2) is 0 Å². The zero-order valence-electron chi connectivity index (χ0n) is 8.36. The van der Waals surface area contributed by atoms with Gasteiger partial charge in [-0.05, 0) is 18.2 Å². The van der Waals surface area contributed by atoms with Crippen LogP contribution in [-0.2, 0) is 0 Å². The monoisotopic (exact) mass is 224 g/mol. The van der Waals surface area contributed by atoms with Crippen molar-refractivity contribution in [2.24, 2.45) is 0 Å². The molecule has 5 heteroatoms. The summed E-state index contributed by atoms with van der Waals surface area (Å²) >= 11 is 0. The number of halogens is 2. The molecule has 0 fully saturated rings. The van der Waals surface area contributed by atoms with E-state index in [9.17, 15) is 8.78 Å². The molecular formula is C11H10F2N2O. The third-order valence-corrected chi connectivity index (χ3v) is 2.18. The van der Waals surface area contributed by atoms with Crippen LogP contribution in [0.15, 0.2) is 30.6 Å². The van der Waals surface area contributed by atoms with Gasteiger partial charge in [0, 0.05) is 28.9 Å². The van der Waals surface area contributed by atoms with Crippen LogP contribution in [0, 0.1) is 0 Å². The maximum Gasteiger partial charge on any atom is 0.272 e. The zero-order chi connectivity index (χ0) is 11.5. The number of alkyl halides is 2. The predicted molar refractivity (Wildman–Crippen MR) is 57.7 cm³/mol. The Kier molecular flexibility index (Phi) is 2.85. The van der Waals surface area contributed by atoms with Gasteiger partial charge in [-0.2, -0.15) is 0 Å². The molecule has 0 saturated heterocycles. The molecule has 16 heavy (non-hydrogen) atoms. The normalized spacial score (nSPS) is 10.9. The number of nitrogens with two attached hydrogens (primary N) is 1. The second-order valence-corrected chi connectivity index (χ2v) is 3.28. The maximum absolute atomic E-state index is 12.0. The molecule has 2 rings (SSSR count). The van der Waals surface area contributed by atoms with E-state index < -0.39 is 13.0 Å². The van der Waals surface area contributed by atoms with Crippen molar-refractivity contribution in [3.63, 3.8) is 0 Å². The first-order chi connectivity index (χ1) is 7.68. The number of nitrogens with zero attached hydrogens (tertiary/aromatic N) is 1. The summed E-state index contributed by atoms with van der Waals surface area (Å²) in [6.07, 6.45) is 0.645. The minimum atomic E-state index is -2.50. The Bertz CT molecular complexity index is 502. The van der Waals surface area contributed by atoms with Crippen LogP contribution in [0.3, 0.4) is 0 Å². The van der Waals surface area contributed by atoms with Crippen LogP contribution in [0.4, 0.5) is 14.5 Å². The molecule has 0 bridgehead atoms. The van der Waals surface area contributed by atoms with Crippen LogP contribution in [0.2, 0.25) is 0 Å². The van der Waals surface area contributed by atoms with Crippen molar-refractivity contribution < 1.29 is 13.5 Å². The van der Waals surface area contributed by atoms with Crippen LogP contribution >= 0.6 is 0 Å². The van der Waals surface area contributed by atoms with E-state index in [-0.39, 0.29) is 0 Å². The van der Waals surface area contributed by atoms with Crippen molar-refractivity contribution in [1.82, 2.24) is 4.98 Å². The second-order valence-electron chi connectivity index (χ2n) is 3.28. The molecule has 1 heterocycles. The smallest absolute Gasteiger partial charge is 0.272 e. The van der Waals surface area contributed by atoms with Crippen LogP contribution in [-0.4, -0.2) is 18.0 Å². The van der Waals surface area contributed by atoms with Gasteiger partial charge < -0.3 is 10.5 Å². The average Bonchev–Trinajstić information content (AvgIpc) is 2.28. The Morgan fingerprint density at radius 2 is 2.06 bits per heavy atom. The van der Waals surface area contributed by atoms with Crippen molar-refractivity contribution in [1.29, 1.82) is 0 Å². The summed E-state index contributed by atoms with van der Waals surface area (Å²) in [5, 5.41) is 1.39. The van der Waals surface area contributed by atoms with Crippen LogP contribution in [0.5, 0.6) is 5.75 Å². The number of benzene rings is 1. The highest BCUT2D eigenvalue weighted by Crippen LogP contribution is 2.29. The minimum absolute atomic E-state index is 0.373. The molecule has 0 unspecified atom stereocenters. The molecule has 1 aromatic carbocycles. The van der Waals surface area contributed by atoms with Gasteiger partial charge >= 0.3 is 0 Å². The van der Waals surface area contributed by atoms with E-state index in [4.69, 9.17) is 10.5 Å². The van der Waals surface area contributed by atoms with Crippen molar-refractivity contribution in [2.75, 3.05) is 12.3 Å². The molecule has 0 atom stereocenters. The largest absolute Gasteiger partial charge is 0.487 e. The first kappa shape index (κ1) is 10.6. The summed E-state index contributed by atoms with van der Waals surface area (Å²) in [7, 11) is 0. The van der Waals surface area contributed by atoms with Crippen molar-refractivity contribution in [3.05, 3.63) is 30.6 Å². The molecule has 0 aliphatic heterocycles. The lowest BCUT2D eigenvalue weighted by molar-refractivity contribution is 0.0826. The van der Waals surface area contributed by atoms with Gasteiger partial charge in [-0.15, -0.1) is 0 Å². The first-order valence-electron chi connectivity index (χ1n) is 4.71. The first-order valence-corrected chi connectivity index (χ1v) is 4.71. The third kappa shape index (κ3) is 2.03. The maximum atomic E-state index is 12.0. The molecule has 2 N–H and O–H groups in total. The summed E-state index contributed by atoms with van der Waals surface area (Å²) in [4.78, 5) is 3.92. The highest BCUT2D eigenvalue weighted by molar-refractivity contribution is 5.96. The fourth-order valence-electron chi connectivity index (χ4n) is 1.47. The molecule has 3 nitrogen and oxygen atoms in total. The molecule has 0 amide bonds. The topological polar surface area (TPSA) is 48.1 Å². The van der Waals surface area contributed by atoms with E-state index in [1.165, 1.54) is 0 Å². The number of aromatic nitrogens is 1. The lowest BCUT2D eigenvalue weighted by Crippen LogP contribution is -2.07. The van der Waals surface area contributed by atoms with E-state index in [0.29, 0.717) is 16.8 Å². The second kappa shape index (κ2) is 4.30. The van der Waals surface area contributed by atoms with Gasteiger partial charge in [0.05, 0.1) is 0 Å². The van der Waals surface area contributed by atoms with E-state index in [1.54, 1.807) is 30.6 Å². The quantitative estimate of drug-likeness (QED) is 0.814. The van der Waals surface area contributed by atoms with Gasteiger partial charge in [-0.3, -0.25) is 4.98 Å². The highest BCUT2D eigenvalue weighted by atomic mass is 19.3. The number of hydrogen-bond acceptors (Lipinski definition) is 3. The molecule has 84 valence electrons. The SMILES string of the molecule is Nc1ccc(OCC(F)F)c2cnccc12. The van der Waals surface area contributed by atoms with Gasteiger partial charge in [0.25, 0.3) is 6.43 Å². The van der Waals surface area contributed by atoms with Crippen molar-refractivity contribution in [2.45, 2.75) is 6.43 Å². The predicted octanol–water partition coefficient (Wildman–Crippen LogP) is 2.46. The van der Waals surface area contributed by atoms with E-state index in [1.807, 2.05) is 0 Å².